The zero-order chi connectivity index (χ0) is 39.1. The highest BCUT2D eigenvalue weighted by atomic mass is 32.2. The fraction of sp³-hybridized carbons (Fsp3) is 0.822. The number of carbonyl (C=O) groups excluding carboxylic acids is 1. The van der Waals surface area contributed by atoms with E-state index in [4.69, 9.17) is 0 Å². The molecule has 9 heteroatoms. The number of carbonyl (C=O) groups is 2. The summed E-state index contributed by atoms with van der Waals surface area (Å²) in [6.45, 7) is 20.2. The fourth-order valence-electron chi connectivity index (χ4n) is 14.3. The highest BCUT2D eigenvalue weighted by Gasteiger charge is 2.69. The number of hydrogen-bond acceptors (Lipinski definition) is 6. The molecule has 0 aromatic rings. The van der Waals surface area contributed by atoms with E-state index in [2.05, 4.69) is 70.8 Å². The molecule has 0 amide bonds. The van der Waals surface area contributed by atoms with Gasteiger partial charge in [-0.1, -0.05) is 66.2 Å². The van der Waals surface area contributed by atoms with Crippen molar-refractivity contribution >= 4 is 21.6 Å². The maximum absolute atomic E-state index is 14.0. The van der Waals surface area contributed by atoms with Gasteiger partial charge in [-0.25, -0.2) is 12.8 Å². The van der Waals surface area contributed by atoms with E-state index in [1.807, 2.05) is 0 Å². The van der Waals surface area contributed by atoms with E-state index in [1.54, 1.807) is 0 Å². The molecule has 7 rings (SSSR count). The van der Waals surface area contributed by atoms with Crippen LogP contribution in [0, 0.1) is 56.2 Å². The second-order valence-corrected chi connectivity index (χ2v) is 23.0. The van der Waals surface area contributed by atoms with Crippen LogP contribution in [0.1, 0.15) is 126 Å². The third-order valence-corrected chi connectivity index (χ3v) is 19.2. The number of carboxylic acid groups (broad SMARTS) is 1. The number of halogens is 1. The number of allylic oxidation sites excluding steroid dienone is 5. The van der Waals surface area contributed by atoms with Crippen LogP contribution in [0.25, 0.3) is 0 Å². The lowest BCUT2D eigenvalue weighted by molar-refractivity contribution is -0.198. The van der Waals surface area contributed by atoms with Gasteiger partial charge in [-0.3, -0.25) is 9.59 Å². The Balaban J connectivity index is 1.11. The predicted octanol–water partition coefficient (Wildman–Crippen LogP) is 8.36. The largest absolute Gasteiger partial charge is 0.481 e. The molecule has 3 unspecified atom stereocenters. The molecule has 2 N–H and O–H groups in total. The van der Waals surface area contributed by atoms with E-state index in [0.29, 0.717) is 55.9 Å². The molecule has 3 saturated carbocycles. The number of nitrogens with one attached hydrogen (secondary N) is 1. The molecule has 7 nitrogen and oxygen atoms in total. The van der Waals surface area contributed by atoms with E-state index in [9.17, 15) is 27.5 Å². The first-order valence-electron chi connectivity index (χ1n) is 21.4. The number of hydrogen-bond donors (Lipinski definition) is 2. The molecular weight excluding hydrogens is 700 g/mol. The number of carboxylic acids is 1. The van der Waals surface area contributed by atoms with Gasteiger partial charge >= 0.3 is 5.97 Å². The zero-order valence-electron chi connectivity index (χ0n) is 34.4. The average molecular weight is 769 g/mol. The number of sulfone groups is 1. The summed E-state index contributed by atoms with van der Waals surface area (Å²) in [4.78, 5) is 28.3. The molecule has 4 fully saturated rings. The molecule has 6 aliphatic carbocycles. The van der Waals surface area contributed by atoms with Crippen LogP contribution >= 0.6 is 0 Å². The second kappa shape index (κ2) is 13.9. The number of aliphatic carboxylic acids is 1. The van der Waals surface area contributed by atoms with Crippen LogP contribution in [0.15, 0.2) is 34.4 Å². The van der Waals surface area contributed by atoms with Crippen LogP contribution < -0.4 is 5.32 Å². The summed E-state index contributed by atoms with van der Waals surface area (Å²) in [5, 5.41) is 13.7. The molecular formula is C45H69FN2O5S. The molecule has 1 aliphatic heterocycles. The van der Waals surface area contributed by atoms with Crippen molar-refractivity contribution in [3.05, 3.63) is 34.4 Å². The zero-order valence-corrected chi connectivity index (χ0v) is 35.2. The van der Waals surface area contributed by atoms with E-state index >= 15 is 0 Å². The average Bonchev–Trinajstić information content (AvgIpc) is 3.41. The first-order valence-corrected chi connectivity index (χ1v) is 23.2. The molecule has 1 heterocycles. The van der Waals surface area contributed by atoms with Gasteiger partial charge in [-0.05, 0) is 146 Å². The number of alkyl halides is 1. The maximum Gasteiger partial charge on any atom is 0.312 e. The van der Waals surface area contributed by atoms with Crippen molar-refractivity contribution in [3.63, 3.8) is 0 Å². The lowest BCUT2D eigenvalue weighted by Crippen LogP contribution is -2.64. The van der Waals surface area contributed by atoms with Gasteiger partial charge in [0.15, 0.2) is 15.6 Å². The summed E-state index contributed by atoms with van der Waals surface area (Å²) in [5.74, 6) is 1.61. The van der Waals surface area contributed by atoms with Crippen molar-refractivity contribution in [3.8, 4) is 0 Å². The van der Waals surface area contributed by atoms with Gasteiger partial charge in [-0.15, -0.1) is 0 Å². The first kappa shape index (κ1) is 40.4. The maximum atomic E-state index is 14.0. The predicted molar refractivity (Wildman–Crippen MR) is 213 cm³/mol. The van der Waals surface area contributed by atoms with E-state index in [1.165, 1.54) is 29.6 Å². The first-order chi connectivity index (χ1) is 25.3. The number of rotatable bonds is 10. The lowest BCUT2D eigenvalue weighted by atomic mass is 9.33. The van der Waals surface area contributed by atoms with E-state index < -0.39 is 27.9 Å². The van der Waals surface area contributed by atoms with Crippen LogP contribution in [0.5, 0.6) is 0 Å². The molecule has 0 aromatic carbocycles. The minimum Gasteiger partial charge on any atom is -0.481 e. The number of Topliss-reactive ketones (excluding diaryl/α,β-unsaturated/α-hetero) is 1. The molecule has 54 heavy (non-hydrogen) atoms. The normalized spacial score (nSPS) is 41.7. The topological polar surface area (TPSA) is 104 Å². The highest BCUT2D eigenvalue weighted by molar-refractivity contribution is 7.91. The Morgan fingerprint density at radius 3 is 2.31 bits per heavy atom. The third kappa shape index (κ3) is 6.17. The van der Waals surface area contributed by atoms with Gasteiger partial charge in [0.25, 0.3) is 0 Å². The monoisotopic (exact) mass is 768 g/mol. The van der Waals surface area contributed by atoms with Crippen molar-refractivity contribution in [2.75, 3.05) is 50.9 Å². The smallest absolute Gasteiger partial charge is 0.312 e. The Morgan fingerprint density at radius 2 is 1.69 bits per heavy atom. The second-order valence-electron chi connectivity index (χ2n) is 20.7. The Morgan fingerprint density at radius 1 is 0.963 bits per heavy atom. The van der Waals surface area contributed by atoms with Crippen molar-refractivity contribution in [1.82, 2.24) is 10.2 Å². The summed E-state index contributed by atoms with van der Waals surface area (Å²) >= 11 is 0. The van der Waals surface area contributed by atoms with Crippen LogP contribution in [-0.4, -0.2) is 81.1 Å². The molecule has 1 saturated heterocycles. The fourth-order valence-corrected chi connectivity index (χ4v) is 15.6. The standard InChI is InChI=1S/C45H69FN2O5S/c1-30(2)37-34(49)27-45(29-47-21-8-22-48-23-25-54(52,53)26-24-48)20-19-42(6)33(38(37)45)9-10-36-41(5)15-13-32(40(3,4)35(41)14-16-43(36,42)7)31-11-17-44(28-46,18-12-31)39(50)51/h11,13,30,33,35-36,47H,8-10,12,14-29H2,1-7H3,(H,50,51)/t33?,35?,36?,41-,42+,43+,44-,45-/m0/s1. The Bertz CT molecular complexity index is 1730. The summed E-state index contributed by atoms with van der Waals surface area (Å²) in [6, 6.07) is 0. The lowest BCUT2D eigenvalue weighted by Gasteiger charge is -2.71. The van der Waals surface area contributed by atoms with Crippen molar-refractivity contribution in [2.45, 2.75) is 126 Å². The van der Waals surface area contributed by atoms with E-state index in [0.717, 1.165) is 63.7 Å². The molecule has 0 bridgehead atoms. The molecule has 8 atom stereocenters. The Hall–Kier alpha value is -1.84. The Labute approximate surface area is 325 Å². The van der Waals surface area contributed by atoms with Gasteiger partial charge in [-0.2, -0.15) is 0 Å². The highest BCUT2D eigenvalue weighted by Crippen LogP contribution is 2.76. The SMILES string of the molecule is CC(C)C1=C2C3CCC4[C@@]5(C)CC=C(C6=CC[C@](CF)(C(=O)O)CC6)C(C)(C)C5CC[C@@]4(C)[C@]3(C)CC[C@@]2(CNCCCN2CCS(=O)(=O)CC2)CC1=O. The van der Waals surface area contributed by atoms with Crippen molar-refractivity contribution < 1.29 is 27.5 Å². The third-order valence-electron chi connectivity index (χ3n) is 17.5. The van der Waals surface area contributed by atoms with E-state index in [-0.39, 0.29) is 50.9 Å². The molecule has 7 aliphatic rings. The van der Waals surface area contributed by atoms with Crippen LogP contribution in [0.3, 0.4) is 0 Å². The summed E-state index contributed by atoms with van der Waals surface area (Å²) < 4.78 is 37.8. The summed E-state index contributed by atoms with van der Waals surface area (Å²) in [5.41, 5.74) is 4.23. The molecule has 0 radical (unpaired) electrons. The summed E-state index contributed by atoms with van der Waals surface area (Å²) in [7, 11) is -2.87. The molecule has 302 valence electrons. The number of fused-ring (bicyclic) bond motifs is 7. The minimum atomic E-state index is -2.87. The molecule has 0 aromatic heterocycles. The summed E-state index contributed by atoms with van der Waals surface area (Å²) in [6.07, 6.45) is 15.3. The van der Waals surface area contributed by atoms with Crippen LogP contribution in [-0.2, 0) is 19.4 Å². The minimum absolute atomic E-state index is 0.0544. The van der Waals surface area contributed by atoms with Gasteiger partial charge in [0, 0.05) is 31.5 Å². The molecule has 0 spiro atoms. The van der Waals surface area contributed by atoms with Crippen molar-refractivity contribution in [2.24, 2.45) is 56.2 Å². The number of nitrogens with zero attached hydrogens (tertiary/aromatic N) is 1. The van der Waals surface area contributed by atoms with Crippen molar-refractivity contribution in [1.29, 1.82) is 0 Å². The van der Waals surface area contributed by atoms with Gasteiger partial charge in [0.05, 0.1) is 16.9 Å². The van der Waals surface area contributed by atoms with Crippen LogP contribution in [0.2, 0.25) is 0 Å². The van der Waals surface area contributed by atoms with Gasteiger partial charge < -0.3 is 15.3 Å². The van der Waals surface area contributed by atoms with Gasteiger partial charge in [0.1, 0.15) is 6.67 Å². The van der Waals surface area contributed by atoms with Crippen LogP contribution in [0.4, 0.5) is 4.39 Å². The number of ketones is 1. The quantitative estimate of drug-likeness (QED) is 0.216. The van der Waals surface area contributed by atoms with Gasteiger partial charge in [0.2, 0.25) is 0 Å². The Kier molecular flexibility index (Phi) is 10.4.